The molecule has 0 atom stereocenters. The largest absolute Gasteiger partial charge is 0.497 e. The number of rotatable bonds is 4. The summed E-state index contributed by atoms with van der Waals surface area (Å²) in [6.07, 6.45) is 0. The van der Waals surface area contributed by atoms with Gasteiger partial charge in [0.25, 0.3) is 11.8 Å². The van der Waals surface area contributed by atoms with Gasteiger partial charge in [0.1, 0.15) is 5.75 Å². The molecule has 3 nitrogen and oxygen atoms in total. The molecule has 17 heavy (non-hydrogen) atoms. The lowest BCUT2D eigenvalue weighted by Crippen LogP contribution is -2.34. The minimum absolute atomic E-state index is 0.328. The summed E-state index contributed by atoms with van der Waals surface area (Å²) in [5.41, 5.74) is 0.328. The molecule has 1 aromatic rings. The Morgan fingerprint density at radius 3 is 2.71 bits per heavy atom. The summed E-state index contributed by atoms with van der Waals surface area (Å²) < 4.78 is 30.9. The van der Waals surface area contributed by atoms with Gasteiger partial charge in [0.2, 0.25) is 0 Å². The highest BCUT2D eigenvalue weighted by Crippen LogP contribution is 2.19. The topological polar surface area (TPSA) is 38.3 Å². The number of ether oxygens (including phenoxy) is 1. The molecule has 1 amide bonds. The van der Waals surface area contributed by atoms with Gasteiger partial charge in [-0.25, -0.2) is 8.78 Å². The van der Waals surface area contributed by atoms with Crippen molar-refractivity contribution in [1.82, 2.24) is 5.32 Å². The Kier molecular flexibility index (Phi) is 4.67. The van der Waals surface area contributed by atoms with Gasteiger partial charge in [-0.3, -0.25) is 4.79 Å². The first-order valence-corrected chi connectivity index (χ1v) is 5.91. The minimum atomic E-state index is -2.92. The number of benzene rings is 1. The molecule has 0 aliphatic heterocycles. The Balaban J connectivity index is 2.81. The van der Waals surface area contributed by atoms with Crippen LogP contribution in [0.1, 0.15) is 17.3 Å². The molecule has 0 aliphatic carbocycles. The molecule has 0 fully saturated rings. The van der Waals surface area contributed by atoms with E-state index in [2.05, 4.69) is 5.32 Å². The molecule has 0 heterocycles. The fraction of sp³-hybridized carbons (Fsp3) is 0.364. The summed E-state index contributed by atoms with van der Waals surface area (Å²) in [4.78, 5) is 11.7. The lowest BCUT2D eigenvalue weighted by Gasteiger charge is -2.12. The fourth-order valence-electron chi connectivity index (χ4n) is 1.14. The van der Waals surface area contributed by atoms with Gasteiger partial charge in [0.05, 0.1) is 19.2 Å². The molecule has 1 N–H and O–H groups in total. The van der Waals surface area contributed by atoms with Crippen LogP contribution in [-0.2, 0) is 0 Å². The molecule has 0 aromatic heterocycles. The standard InChI is InChI=1S/C11H12F2INO2/c1-11(12,13)6-15-10(16)8-5-7(17-2)3-4-9(8)14/h3-5H,6H2,1-2H3,(H,15,16). The van der Waals surface area contributed by atoms with E-state index in [0.717, 1.165) is 6.92 Å². The number of alkyl halides is 2. The molecule has 6 heteroatoms. The monoisotopic (exact) mass is 355 g/mol. The molecule has 0 spiro atoms. The first kappa shape index (κ1) is 14.1. The maximum Gasteiger partial charge on any atom is 0.262 e. The Labute approximate surface area is 112 Å². The summed E-state index contributed by atoms with van der Waals surface area (Å²) >= 11 is 1.97. The average Bonchev–Trinajstić information content (AvgIpc) is 2.25. The van der Waals surface area contributed by atoms with Crippen molar-refractivity contribution < 1.29 is 18.3 Å². The summed E-state index contributed by atoms with van der Waals surface area (Å²) in [5.74, 6) is -2.94. The summed E-state index contributed by atoms with van der Waals surface area (Å²) in [6.45, 7) is 0.0724. The Hall–Kier alpha value is -0.920. The molecule has 0 saturated heterocycles. The van der Waals surface area contributed by atoms with Crippen LogP contribution in [-0.4, -0.2) is 25.5 Å². The quantitative estimate of drug-likeness (QED) is 0.844. The summed E-state index contributed by atoms with van der Waals surface area (Å²) in [5, 5.41) is 2.18. The van der Waals surface area contributed by atoms with Gasteiger partial charge in [-0.15, -0.1) is 0 Å². The van der Waals surface area contributed by atoms with E-state index in [1.165, 1.54) is 13.2 Å². The normalized spacial score (nSPS) is 11.1. The maximum absolute atomic E-state index is 12.6. The summed E-state index contributed by atoms with van der Waals surface area (Å²) in [6, 6.07) is 4.91. The summed E-state index contributed by atoms with van der Waals surface area (Å²) in [7, 11) is 1.48. The third kappa shape index (κ3) is 4.45. The van der Waals surface area contributed by atoms with Crippen LogP contribution in [0.25, 0.3) is 0 Å². The predicted octanol–water partition coefficient (Wildman–Crippen LogP) is 2.68. The van der Waals surface area contributed by atoms with Crippen molar-refractivity contribution in [2.45, 2.75) is 12.8 Å². The van der Waals surface area contributed by atoms with Crippen molar-refractivity contribution in [3.05, 3.63) is 27.3 Å². The second kappa shape index (κ2) is 5.61. The van der Waals surface area contributed by atoms with Gasteiger partial charge in [0, 0.05) is 10.5 Å². The highest BCUT2D eigenvalue weighted by atomic mass is 127. The molecule has 1 aromatic carbocycles. The van der Waals surface area contributed by atoms with E-state index in [9.17, 15) is 13.6 Å². The highest BCUT2D eigenvalue weighted by Gasteiger charge is 2.22. The molecule has 0 aliphatic rings. The van der Waals surface area contributed by atoms with E-state index in [1.54, 1.807) is 12.1 Å². The van der Waals surface area contributed by atoms with Crippen molar-refractivity contribution in [2.24, 2.45) is 0 Å². The Morgan fingerprint density at radius 2 is 2.18 bits per heavy atom. The van der Waals surface area contributed by atoms with Gasteiger partial charge in [0.15, 0.2) is 0 Å². The maximum atomic E-state index is 12.6. The van der Waals surface area contributed by atoms with Crippen LogP contribution in [0.5, 0.6) is 5.75 Å². The third-order valence-electron chi connectivity index (χ3n) is 1.98. The smallest absolute Gasteiger partial charge is 0.262 e. The average molecular weight is 355 g/mol. The van der Waals surface area contributed by atoms with E-state index in [1.807, 2.05) is 22.6 Å². The molecule has 94 valence electrons. The van der Waals surface area contributed by atoms with Crippen LogP contribution >= 0.6 is 22.6 Å². The number of halogens is 3. The number of methoxy groups -OCH3 is 1. The lowest BCUT2D eigenvalue weighted by atomic mass is 10.2. The van der Waals surface area contributed by atoms with Crippen molar-refractivity contribution >= 4 is 28.5 Å². The van der Waals surface area contributed by atoms with Gasteiger partial charge in [-0.05, 0) is 40.8 Å². The first-order chi connectivity index (χ1) is 7.83. The van der Waals surface area contributed by atoms with E-state index < -0.39 is 18.4 Å². The number of amides is 1. The van der Waals surface area contributed by atoms with E-state index in [4.69, 9.17) is 4.74 Å². The predicted molar refractivity (Wildman–Crippen MR) is 68.7 cm³/mol. The minimum Gasteiger partial charge on any atom is -0.497 e. The zero-order chi connectivity index (χ0) is 13.1. The van der Waals surface area contributed by atoms with Gasteiger partial charge >= 0.3 is 0 Å². The Bertz CT molecular complexity index is 418. The molecular weight excluding hydrogens is 343 g/mol. The van der Waals surface area contributed by atoms with Crippen LogP contribution in [0.4, 0.5) is 8.78 Å². The van der Waals surface area contributed by atoms with Crippen LogP contribution < -0.4 is 10.1 Å². The van der Waals surface area contributed by atoms with Gasteiger partial charge < -0.3 is 10.1 Å². The number of carbonyl (C=O) groups is 1. The second-order valence-electron chi connectivity index (χ2n) is 3.60. The van der Waals surface area contributed by atoms with E-state index >= 15 is 0 Å². The molecular formula is C11H12F2INO2. The van der Waals surface area contributed by atoms with Crippen LogP contribution in [0.2, 0.25) is 0 Å². The van der Waals surface area contributed by atoms with Crippen LogP contribution in [0, 0.1) is 3.57 Å². The number of hydrogen-bond acceptors (Lipinski definition) is 2. The van der Waals surface area contributed by atoms with Crippen molar-refractivity contribution in [1.29, 1.82) is 0 Å². The van der Waals surface area contributed by atoms with Crippen LogP contribution in [0.3, 0.4) is 0 Å². The van der Waals surface area contributed by atoms with Crippen molar-refractivity contribution in [3.8, 4) is 5.75 Å². The number of hydrogen-bond donors (Lipinski definition) is 1. The zero-order valence-electron chi connectivity index (χ0n) is 9.39. The zero-order valence-corrected chi connectivity index (χ0v) is 11.5. The molecule has 1 rings (SSSR count). The SMILES string of the molecule is COc1ccc(I)c(C(=O)NCC(C)(F)F)c1. The number of nitrogens with one attached hydrogen (secondary N) is 1. The van der Waals surface area contributed by atoms with Crippen LogP contribution in [0.15, 0.2) is 18.2 Å². The molecule has 0 unspecified atom stereocenters. The molecule has 0 bridgehead atoms. The van der Waals surface area contributed by atoms with Gasteiger partial charge in [-0.1, -0.05) is 0 Å². The Morgan fingerprint density at radius 1 is 1.53 bits per heavy atom. The van der Waals surface area contributed by atoms with E-state index in [0.29, 0.717) is 14.9 Å². The third-order valence-corrected chi connectivity index (χ3v) is 2.92. The van der Waals surface area contributed by atoms with Crippen molar-refractivity contribution in [2.75, 3.05) is 13.7 Å². The lowest BCUT2D eigenvalue weighted by molar-refractivity contribution is 0.0221. The molecule has 0 saturated carbocycles. The number of carbonyl (C=O) groups excluding carboxylic acids is 1. The van der Waals surface area contributed by atoms with Gasteiger partial charge in [-0.2, -0.15) is 0 Å². The fourth-order valence-corrected chi connectivity index (χ4v) is 1.72. The highest BCUT2D eigenvalue weighted by molar-refractivity contribution is 14.1. The first-order valence-electron chi connectivity index (χ1n) is 4.83. The van der Waals surface area contributed by atoms with Crippen molar-refractivity contribution in [3.63, 3.8) is 0 Å². The second-order valence-corrected chi connectivity index (χ2v) is 4.76. The van der Waals surface area contributed by atoms with E-state index in [-0.39, 0.29) is 0 Å². The molecule has 0 radical (unpaired) electrons.